The topological polar surface area (TPSA) is 108 Å². The highest BCUT2D eigenvalue weighted by Gasteiger charge is 2.23. The van der Waals surface area contributed by atoms with E-state index in [0.29, 0.717) is 41.5 Å². The van der Waals surface area contributed by atoms with Crippen molar-refractivity contribution in [3.63, 3.8) is 0 Å². The van der Waals surface area contributed by atoms with E-state index in [0.717, 1.165) is 31.1 Å². The number of thiazole rings is 1. The number of ether oxygens (including phenoxy) is 2. The second kappa shape index (κ2) is 9.49. The molecule has 4 heterocycles. The number of amides is 1. The molecule has 1 aromatic carbocycles. The molecular formula is C23H27N5O5S. The SMILES string of the molecule is CCCn1c(=O)c2sc(N3CCCCC3)nc2n(CC(=O)Nc2ccc3c(c2)OCCO3)c1=O. The standard InChI is InChI=1S/C23H27N5O5S/c1-2-8-27-21(30)19-20(25-22(34-19)26-9-4-3-5-10-26)28(23(27)31)14-18(29)24-15-6-7-16-17(13-15)33-12-11-32-16/h6-7,13H,2-5,8-12,14H2,1H3,(H,24,29). The van der Waals surface area contributed by atoms with Gasteiger partial charge in [-0.2, -0.15) is 0 Å². The van der Waals surface area contributed by atoms with E-state index in [9.17, 15) is 14.4 Å². The molecule has 10 nitrogen and oxygen atoms in total. The van der Waals surface area contributed by atoms with Gasteiger partial charge < -0.3 is 19.7 Å². The average molecular weight is 486 g/mol. The van der Waals surface area contributed by atoms with E-state index in [1.807, 2.05) is 6.92 Å². The first-order valence-corrected chi connectivity index (χ1v) is 12.5. The van der Waals surface area contributed by atoms with Gasteiger partial charge in [-0.25, -0.2) is 9.78 Å². The highest BCUT2D eigenvalue weighted by atomic mass is 32.1. The van der Waals surface area contributed by atoms with Gasteiger partial charge in [0.1, 0.15) is 24.5 Å². The lowest BCUT2D eigenvalue weighted by atomic mass is 10.1. The smallest absolute Gasteiger partial charge is 0.333 e. The summed E-state index contributed by atoms with van der Waals surface area (Å²) in [7, 11) is 0. The summed E-state index contributed by atoms with van der Waals surface area (Å²) in [6.07, 6.45) is 3.94. The van der Waals surface area contributed by atoms with Gasteiger partial charge >= 0.3 is 5.69 Å². The Morgan fingerprint density at radius 2 is 1.85 bits per heavy atom. The number of nitrogens with one attached hydrogen (secondary N) is 1. The molecule has 2 aliphatic heterocycles. The molecule has 1 N–H and O–H groups in total. The van der Waals surface area contributed by atoms with Crippen LogP contribution in [0.25, 0.3) is 10.3 Å². The fourth-order valence-corrected chi connectivity index (χ4v) is 5.39. The van der Waals surface area contributed by atoms with Crippen molar-refractivity contribution in [3.05, 3.63) is 39.0 Å². The van der Waals surface area contributed by atoms with Crippen LogP contribution in [0.1, 0.15) is 32.6 Å². The number of carbonyl (C=O) groups is 1. The van der Waals surface area contributed by atoms with Crippen LogP contribution in [0.5, 0.6) is 11.5 Å². The summed E-state index contributed by atoms with van der Waals surface area (Å²) >= 11 is 1.30. The molecule has 5 rings (SSSR count). The van der Waals surface area contributed by atoms with Crippen LogP contribution < -0.4 is 30.9 Å². The molecule has 0 spiro atoms. The van der Waals surface area contributed by atoms with Gasteiger partial charge in [0.05, 0.1) is 0 Å². The van der Waals surface area contributed by atoms with E-state index in [1.165, 1.54) is 26.9 Å². The maximum absolute atomic E-state index is 13.2. The molecule has 0 saturated carbocycles. The van der Waals surface area contributed by atoms with Gasteiger partial charge in [0.15, 0.2) is 22.3 Å². The average Bonchev–Trinajstić information content (AvgIpc) is 3.31. The fourth-order valence-electron chi connectivity index (χ4n) is 4.32. The molecule has 2 aliphatic rings. The molecule has 1 fully saturated rings. The first-order chi connectivity index (χ1) is 16.5. The molecule has 11 heteroatoms. The number of nitrogens with zero attached hydrogens (tertiary/aromatic N) is 4. The van der Waals surface area contributed by atoms with Crippen molar-refractivity contribution in [1.29, 1.82) is 0 Å². The van der Waals surface area contributed by atoms with Crippen molar-refractivity contribution in [2.75, 3.05) is 36.5 Å². The number of anilines is 2. The second-order valence-electron chi connectivity index (χ2n) is 8.43. The zero-order valence-corrected chi connectivity index (χ0v) is 19.9. The van der Waals surface area contributed by atoms with Crippen LogP contribution in [-0.4, -0.2) is 46.3 Å². The minimum Gasteiger partial charge on any atom is -0.486 e. The number of hydrogen-bond donors (Lipinski definition) is 1. The molecule has 0 bridgehead atoms. The summed E-state index contributed by atoms with van der Waals surface area (Å²) in [5.74, 6) is 0.793. The van der Waals surface area contributed by atoms with Gasteiger partial charge in [-0.3, -0.25) is 18.7 Å². The lowest BCUT2D eigenvalue weighted by Crippen LogP contribution is -2.41. The van der Waals surface area contributed by atoms with E-state index >= 15 is 0 Å². The van der Waals surface area contributed by atoms with Crippen LogP contribution in [0, 0.1) is 0 Å². The van der Waals surface area contributed by atoms with E-state index in [2.05, 4.69) is 15.2 Å². The van der Waals surface area contributed by atoms with Crippen LogP contribution in [0.3, 0.4) is 0 Å². The van der Waals surface area contributed by atoms with E-state index in [4.69, 9.17) is 9.47 Å². The first kappa shape index (κ1) is 22.5. The summed E-state index contributed by atoms with van der Waals surface area (Å²) < 4.78 is 14.0. The number of benzene rings is 1. The molecule has 0 unspecified atom stereocenters. The van der Waals surface area contributed by atoms with Gasteiger partial charge in [0.2, 0.25) is 5.91 Å². The Kier molecular flexibility index (Phi) is 6.27. The Hall–Kier alpha value is -3.34. The Morgan fingerprint density at radius 3 is 2.62 bits per heavy atom. The second-order valence-corrected chi connectivity index (χ2v) is 9.41. The molecule has 2 aromatic heterocycles. The van der Waals surface area contributed by atoms with Crippen LogP contribution in [-0.2, 0) is 17.9 Å². The number of fused-ring (bicyclic) bond motifs is 2. The summed E-state index contributed by atoms with van der Waals surface area (Å²) in [6, 6.07) is 5.15. The summed E-state index contributed by atoms with van der Waals surface area (Å²) in [5, 5.41) is 3.54. The van der Waals surface area contributed by atoms with Crippen molar-refractivity contribution in [2.45, 2.75) is 45.7 Å². The third-order valence-corrected chi connectivity index (χ3v) is 7.05. The molecule has 0 atom stereocenters. The van der Waals surface area contributed by atoms with Crippen molar-refractivity contribution < 1.29 is 14.3 Å². The van der Waals surface area contributed by atoms with Crippen molar-refractivity contribution in [2.24, 2.45) is 0 Å². The lowest BCUT2D eigenvalue weighted by Gasteiger charge is -2.25. The highest BCUT2D eigenvalue weighted by molar-refractivity contribution is 7.22. The number of aromatic nitrogens is 3. The Labute approximate surface area is 199 Å². The normalized spacial score (nSPS) is 15.5. The number of piperidine rings is 1. The van der Waals surface area contributed by atoms with Gasteiger partial charge in [-0.1, -0.05) is 18.3 Å². The predicted octanol–water partition coefficient (Wildman–Crippen LogP) is 2.43. The molecule has 1 amide bonds. The van der Waals surface area contributed by atoms with Gasteiger partial charge in [0.25, 0.3) is 5.56 Å². The largest absolute Gasteiger partial charge is 0.486 e. The molecule has 180 valence electrons. The van der Waals surface area contributed by atoms with E-state index in [-0.39, 0.29) is 24.3 Å². The van der Waals surface area contributed by atoms with E-state index in [1.54, 1.807) is 18.2 Å². The Balaban J connectivity index is 1.48. The number of carbonyl (C=O) groups excluding carboxylic acids is 1. The molecule has 3 aromatic rings. The number of hydrogen-bond acceptors (Lipinski definition) is 8. The Morgan fingerprint density at radius 1 is 1.09 bits per heavy atom. The van der Waals surface area contributed by atoms with Crippen LogP contribution >= 0.6 is 11.3 Å². The van der Waals surface area contributed by atoms with Crippen LogP contribution in [0.15, 0.2) is 27.8 Å². The van der Waals surface area contributed by atoms with Gasteiger partial charge in [0, 0.05) is 31.4 Å². The maximum atomic E-state index is 13.2. The monoisotopic (exact) mass is 485 g/mol. The number of rotatable bonds is 6. The van der Waals surface area contributed by atoms with E-state index < -0.39 is 11.6 Å². The summed E-state index contributed by atoms with van der Waals surface area (Å²) in [5.41, 5.74) is -0.0590. The fraction of sp³-hybridized carbons (Fsp3) is 0.478. The molecule has 34 heavy (non-hydrogen) atoms. The van der Waals surface area contributed by atoms with Crippen LogP contribution in [0.2, 0.25) is 0 Å². The zero-order valence-electron chi connectivity index (χ0n) is 19.0. The third kappa shape index (κ3) is 4.27. The van der Waals surface area contributed by atoms with Crippen molar-refractivity contribution in [3.8, 4) is 11.5 Å². The minimum absolute atomic E-state index is 0.253. The minimum atomic E-state index is -0.521. The quantitative estimate of drug-likeness (QED) is 0.571. The lowest BCUT2D eigenvalue weighted by molar-refractivity contribution is -0.116. The van der Waals surface area contributed by atoms with Crippen molar-refractivity contribution in [1.82, 2.24) is 14.1 Å². The molecule has 1 saturated heterocycles. The van der Waals surface area contributed by atoms with Gasteiger partial charge in [-0.05, 0) is 37.8 Å². The summed E-state index contributed by atoms with van der Waals surface area (Å²) in [4.78, 5) is 46.0. The van der Waals surface area contributed by atoms with Crippen LogP contribution in [0.4, 0.5) is 10.8 Å². The van der Waals surface area contributed by atoms with Gasteiger partial charge in [-0.15, -0.1) is 0 Å². The first-order valence-electron chi connectivity index (χ1n) is 11.6. The Bertz CT molecular complexity index is 1340. The summed E-state index contributed by atoms with van der Waals surface area (Å²) in [6.45, 7) is 4.61. The van der Waals surface area contributed by atoms with Crippen molar-refractivity contribution >= 4 is 38.4 Å². The zero-order chi connectivity index (χ0) is 23.7. The predicted molar refractivity (Wildman–Crippen MR) is 131 cm³/mol. The third-order valence-electron chi connectivity index (χ3n) is 5.96. The molecule has 0 radical (unpaired) electrons. The molecular weight excluding hydrogens is 458 g/mol. The highest BCUT2D eigenvalue weighted by Crippen LogP contribution is 2.32. The molecule has 0 aliphatic carbocycles. The maximum Gasteiger partial charge on any atom is 0.333 e.